The zero-order chi connectivity index (χ0) is 17.4. The third-order valence-electron chi connectivity index (χ3n) is 4.43. The Kier molecular flexibility index (Phi) is 3.82. The van der Waals surface area contributed by atoms with Gasteiger partial charge in [0.15, 0.2) is 0 Å². The van der Waals surface area contributed by atoms with E-state index in [1.807, 2.05) is 25.4 Å². The number of nitrogens with zero attached hydrogens (tertiary/aromatic N) is 6. The molecule has 0 aliphatic carbocycles. The predicted octanol–water partition coefficient (Wildman–Crippen LogP) is 1.85. The van der Waals surface area contributed by atoms with Gasteiger partial charge in [0.1, 0.15) is 24.2 Å². The Balaban J connectivity index is 1.72. The molecule has 126 valence electrons. The topological polar surface area (TPSA) is 102 Å². The Morgan fingerprint density at radius 1 is 1.52 bits per heavy atom. The summed E-state index contributed by atoms with van der Waals surface area (Å²) in [5, 5.41) is 9.76. The summed E-state index contributed by atoms with van der Waals surface area (Å²) >= 11 is 1.58. The van der Waals surface area contributed by atoms with Crippen LogP contribution in [-0.4, -0.2) is 44.3 Å². The molecule has 0 radical (unpaired) electrons. The maximum absolute atomic E-state index is 12.2. The Morgan fingerprint density at radius 3 is 3.24 bits per heavy atom. The van der Waals surface area contributed by atoms with Gasteiger partial charge in [-0.25, -0.2) is 15.0 Å². The van der Waals surface area contributed by atoms with Gasteiger partial charge in [0.25, 0.3) is 0 Å². The molecule has 3 aromatic heterocycles. The number of amides is 1. The molecular formula is C16H15N7OS. The minimum absolute atomic E-state index is 0.0631. The van der Waals surface area contributed by atoms with E-state index in [1.165, 1.54) is 6.33 Å². The summed E-state index contributed by atoms with van der Waals surface area (Å²) in [6, 6.07) is 3.81. The first kappa shape index (κ1) is 15.5. The van der Waals surface area contributed by atoms with Gasteiger partial charge in [0, 0.05) is 19.8 Å². The molecular weight excluding hydrogens is 338 g/mol. The standard InChI is InChI=1S/C16H15N7OS/c1-22(16-10-3-5-18-15(10)19-8-20-16)12-7-23(13(24)2-4-17)6-11-14(12)25-9-21-11/h3,5,8-9,12H,2,6-7H2,1H3,(H,18,19,20). The lowest BCUT2D eigenvalue weighted by molar-refractivity contribution is -0.131. The molecule has 1 amide bonds. The van der Waals surface area contributed by atoms with Crippen LogP contribution >= 0.6 is 11.3 Å². The molecule has 4 heterocycles. The second-order valence-electron chi connectivity index (χ2n) is 5.84. The minimum atomic E-state index is -0.172. The van der Waals surface area contributed by atoms with Gasteiger partial charge in [0.05, 0.1) is 40.1 Å². The fraction of sp³-hybridized carbons (Fsp3) is 0.312. The molecule has 1 aliphatic heterocycles. The smallest absolute Gasteiger partial charge is 0.237 e. The van der Waals surface area contributed by atoms with Crippen LogP contribution in [-0.2, 0) is 11.3 Å². The van der Waals surface area contributed by atoms with Gasteiger partial charge in [0.2, 0.25) is 5.91 Å². The lowest BCUT2D eigenvalue weighted by Crippen LogP contribution is -2.43. The van der Waals surface area contributed by atoms with Crippen molar-refractivity contribution in [1.29, 1.82) is 5.26 Å². The molecule has 1 unspecified atom stereocenters. The van der Waals surface area contributed by atoms with Crippen LogP contribution < -0.4 is 4.90 Å². The minimum Gasteiger partial charge on any atom is -0.349 e. The third kappa shape index (κ3) is 2.60. The maximum atomic E-state index is 12.2. The van der Waals surface area contributed by atoms with Crippen LogP contribution in [0.5, 0.6) is 0 Å². The molecule has 0 saturated carbocycles. The van der Waals surface area contributed by atoms with Gasteiger partial charge >= 0.3 is 0 Å². The molecule has 3 aromatic rings. The molecule has 0 aromatic carbocycles. The highest BCUT2D eigenvalue weighted by Crippen LogP contribution is 2.36. The van der Waals surface area contributed by atoms with E-state index in [0.29, 0.717) is 13.1 Å². The summed E-state index contributed by atoms with van der Waals surface area (Å²) in [4.78, 5) is 33.3. The molecule has 0 fully saturated rings. The number of hydrogen-bond acceptors (Lipinski definition) is 7. The highest BCUT2D eigenvalue weighted by atomic mass is 32.1. The maximum Gasteiger partial charge on any atom is 0.237 e. The largest absolute Gasteiger partial charge is 0.349 e. The lowest BCUT2D eigenvalue weighted by Gasteiger charge is -2.37. The zero-order valence-electron chi connectivity index (χ0n) is 13.5. The van der Waals surface area contributed by atoms with Gasteiger partial charge in [-0.2, -0.15) is 5.26 Å². The van der Waals surface area contributed by atoms with E-state index in [4.69, 9.17) is 5.26 Å². The molecule has 1 N–H and O–H groups in total. The van der Waals surface area contributed by atoms with Crippen molar-refractivity contribution in [3.63, 3.8) is 0 Å². The monoisotopic (exact) mass is 353 g/mol. The number of hydrogen-bond donors (Lipinski definition) is 1. The first-order valence-electron chi connectivity index (χ1n) is 7.77. The first-order valence-corrected chi connectivity index (χ1v) is 8.65. The van der Waals surface area contributed by atoms with E-state index >= 15 is 0 Å². The van der Waals surface area contributed by atoms with Crippen LogP contribution in [0.4, 0.5) is 5.82 Å². The van der Waals surface area contributed by atoms with Crippen molar-refractivity contribution >= 4 is 34.1 Å². The van der Waals surface area contributed by atoms with Crippen molar-refractivity contribution in [3.05, 3.63) is 34.7 Å². The number of thiazole rings is 1. The molecule has 1 aliphatic rings. The van der Waals surface area contributed by atoms with Crippen LogP contribution in [0, 0.1) is 11.3 Å². The van der Waals surface area contributed by atoms with Gasteiger partial charge in [-0.3, -0.25) is 4.79 Å². The number of carbonyl (C=O) groups is 1. The van der Waals surface area contributed by atoms with E-state index in [2.05, 4.69) is 24.8 Å². The lowest BCUT2D eigenvalue weighted by atomic mass is 10.1. The molecule has 0 bridgehead atoms. The number of rotatable bonds is 3. The van der Waals surface area contributed by atoms with E-state index in [9.17, 15) is 4.79 Å². The molecule has 0 saturated heterocycles. The summed E-state index contributed by atoms with van der Waals surface area (Å²) in [5.74, 6) is 0.624. The van der Waals surface area contributed by atoms with Gasteiger partial charge in [-0.05, 0) is 6.07 Å². The first-order chi connectivity index (χ1) is 12.2. The van der Waals surface area contributed by atoms with Crippen LogP contribution in [0.25, 0.3) is 11.0 Å². The quantitative estimate of drug-likeness (QED) is 0.771. The van der Waals surface area contributed by atoms with Crippen LogP contribution in [0.2, 0.25) is 0 Å². The van der Waals surface area contributed by atoms with Crippen molar-refractivity contribution < 1.29 is 4.79 Å². The Hall–Kier alpha value is -2.99. The van der Waals surface area contributed by atoms with Crippen molar-refractivity contribution in [3.8, 4) is 6.07 Å². The van der Waals surface area contributed by atoms with Gasteiger partial charge in [-0.15, -0.1) is 11.3 Å². The van der Waals surface area contributed by atoms with E-state index < -0.39 is 0 Å². The van der Waals surface area contributed by atoms with Crippen LogP contribution in [0.3, 0.4) is 0 Å². The third-order valence-corrected chi connectivity index (χ3v) is 5.40. The summed E-state index contributed by atoms with van der Waals surface area (Å²) in [6.45, 7) is 0.954. The predicted molar refractivity (Wildman–Crippen MR) is 92.8 cm³/mol. The van der Waals surface area contributed by atoms with Crippen molar-refractivity contribution in [2.24, 2.45) is 0 Å². The molecule has 0 spiro atoms. The van der Waals surface area contributed by atoms with E-state index in [-0.39, 0.29) is 18.4 Å². The van der Waals surface area contributed by atoms with E-state index in [1.54, 1.807) is 21.7 Å². The highest BCUT2D eigenvalue weighted by molar-refractivity contribution is 7.09. The van der Waals surface area contributed by atoms with Gasteiger partial charge in [-0.1, -0.05) is 0 Å². The fourth-order valence-corrected chi connectivity index (χ4v) is 4.10. The van der Waals surface area contributed by atoms with Crippen molar-refractivity contribution in [2.75, 3.05) is 18.5 Å². The number of nitrogens with one attached hydrogen (secondary N) is 1. The Bertz CT molecular complexity index is 972. The van der Waals surface area contributed by atoms with E-state index in [0.717, 1.165) is 27.4 Å². The molecule has 9 heteroatoms. The zero-order valence-corrected chi connectivity index (χ0v) is 14.3. The number of carbonyl (C=O) groups excluding carboxylic acids is 1. The highest BCUT2D eigenvalue weighted by Gasteiger charge is 2.33. The number of H-pyrrole nitrogens is 1. The number of fused-ring (bicyclic) bond motifs is 2. The molecule has 1 atom stereocenters. The Labute approximate surface area is 147 Å². The number of nitriles is 1. The second-order valence-corrected chi connectivity index (χ2v) is 6.72. The van der Waals surface area contributed by atoms with Crippen molar-refractivity contribution in [1.82, 2.24) is 24.8 Å². The number of aromatic amines is 1. The number of anilines is 1. The summed E-state index contributed by atoms with van der Waals surface area (Å²) in [7, 11) is 1.96. The molecule has 25 heavy (non-hydrogen) atoms. The number of aromatic nitrogens is 4. The fourth-order valence-electron chi connectivity index (χ4n) is 3.16. The summed E-state index contributed by atoms with van der Waals surface area (Å²) in [6.07, 6.45) is 3.24. The van der Waals surface area contributed by atoms with Crippen molar-refractivity contribution in [2.45, 2.75) is 19.0 Å². The SMILES string of the molecule is CN(c1ncnc2[nH]ccc12)C1CN(C(=O)CC#N)Cc2ncsc21. The molecule has 4 rings (SSSR count). The Morgan fingerprint density at radius 2 is 2.40 bits per heavy atom. The average Bonchev–Trinajstić information content (AvgIpc) is 3.28. The summed E-state index contributed by atoms with van der Waals surface area (Å²) < 4.78 is 0. The second kappa shape index (κ2) is 6.14. The average molecular weight is 353 g/mol. The number of likely N-dealkylation sites (N-methyl/N-ethyl adjacent to an activating group) is 1. The van der Waals surface area contributed by atoms with Crippen LogP contribution in [0.15, 0.2) is 24.1 Å². The summed E-state index contributed by atoms with van der Waals surface area (Å²) in [5.41, 5.74) is 3.46. The normalized spacial score (nSPS) is 16.5. The van der Waals surface area contributed by atoms with Gasteiger partial charge < -0.3 is 14.8 Å². The molecule has 8 nitrogen and oxygen atoms in total. The van der Waals surface area contributed by atoms with Crippen LogP contribution in [0.1, 0.15) is 23.0 Å².